The zero-order chi connectivity index (χ0) is 15.7. The smallest absolute Gasteiger partial charge is 0.243 e. The van der Waals surface area contributed by atoms with Crippen LogP contribution in [0.1, 0.15) is 12.8 Å². The van der Waals surface area contributed by atoms with Crippen molar-refractivity contribution >= 4 is 32.5 Å². The van der Waals surface area contributed by atoms with Crippen LogP contribution in [0.15, 0.2) is 34.1 Å². The van der Waals surface area contributed by atoms with E-state index >= 15 is 0 Å². The van der Waals surface area contributed by atoms with Crippen LogP contribution in [0, 0.1) is 0 Å². The zero-order valence-electron chi connectivity index (χ0n) is 12.1. The van der Waals surface area contributed by atoms with Crippen LogP contribution in [0.5, 0.6) is 0 Å². The van der Waals surface area contributed by atoms with Crippen molar-refractivity contribution < 1.29 is 16.8 Å². The molecule has 1 atom stereocenters. The molecule has 1 unspecified atom stereocenters. The van der Waals surface area contributed by atoms with E-state index in [1.165, 1.54) is 35.6 Å². The molecule has 0 spiro atoms. The van der Waals surface area contributed by atoms with Gasteiger partial charge in [0, 0.05) is 19.1 Å². The van der Waals surface area contributed by atoms with E-state index in [1.54, 1.807) is 0 Å². The van der Waals surface area contributed by atoms with Crippen LogP contribution >= 0.6 is 12.4 Å². The number of sulfonamides is 2. The Bertz CT molecular complexity index is 704. The van der Waals surface area contributed by atoms with E-state index in [2.05, 4.69) is 4.72 Å². The van der Waals surface area contributed by atoms with Crippen molar-refractivity contribution in [1.82, 2.24) is 9.03 Å². The van der Waals surface area contributed by atoms with Crippen molar-refractivity contribution in [3.05, 3.63) is 24.3 Å². The van der Waals surface area contributed by atoms with Gasteiger partial charge < -0.3 is 5.73 Å². The summed E-state index contributed by atoms with van der Waals surface area (Å²) in [6, 6.07) is 5.01. The second kappa shape index (κ2) is 7.24. The second-order valence-corrected chi connectivity index (χ2v) is 8.60. The highest BCUT2D eigenvalue weighted by Crippen LogP contribution is 2.26. The molecule has 0 amide bonds. The minimum Gasteiger partial charge on any atom is -0.329 e. The van der Waals surface area contributed by atoms with Gasteiger partial charge in [-0.15, -0.1) is 12.4 Å². The Morgan fingerprint density at radius 2 is 1.73 bits per heavy atom. The van der Waals surface area contributed by atoms with Gasteiger partial charge >= 0.3 is 0 Å². The van der Waals surface area contributed by atoms with Crippen LogP contribution in [0.3, 0.4) is 0 Å². The van der Waals surface area contributed by atoms with Crippen LogP contribution in [0.25, 0.3) is 0 Å². The quantitative estimate of drug-likeness (QED) is 0.766. The number of nitrogens with one attached hydrogen (secondary N) is 1. The molecule has 0 saturated carbocycles. The molecule has 1 saturated heterocycles. The Kier molecular flexibility index (Phi) is 6.36. The molecule has 126 valence electrons. The van der Waals surface area contributed by atoms with Crippen molar-refractivity contribution in [2.24, 2.45) is 5.73 Å². The topological polar surface area (TPSA) is 110 Å². The lowest BCUT2D eigenvalue weighted by molar-refractivity contribution is 0.393. The van der Waals surface area contributed by atoms with Gasteiger partial charge in [0.1, 0.15) is 0 Å². The summed E-state index contributed by atoms with van der Waals surface area (Å²) in [4.78, 5) is 0.110. The van der Waals surface area contributed by atoms with Gasteiger partial charge in [0.15, 0.2) is 0 Å². The summed E-state index contributed by atoms with van der Waals surface area (Å²) in [5.74, 6) is 0. The highest BCUT2D eigenvalue weighted by molar-refractivity contribution is 7.89. The average Bonchev–Trinajstić information content (AvgIpc) is 2.96. The van der Waals surface area contributed by atoms with Gasteiger partial charge in [0.25, 0.3) is 0 Å². The van der Waals surface area contributed by atoms with Crippen molar-refractivity contribution in [1.29, 1.82) is 0 Å². The molecule has 1 aliphatic heterocycles. The Balaban J connectivity index is 0.00000242. The van der Waals surface area contributed by atoms with E-state index in [4.69, 9.17) is 5.73 Å². The summed E-state index contributed by atoms with van der Waals surface area (Å²) in [6.07, 6.45) is 1.54. The lowest BCUT2D eigenvalue weighted by atomic mass is 10.2. The first kappa shape index (κ1) is 19.3. The third-order valence-corrected chi connectivity index (χ3v) is 7.00. The minimum atomic E-state index is -3.63. The van der Waals surface area contributed by atoms with E-state index in [-0.39, 0.29) is 34.8 Å². The first-order valence-electron chi connectivity index (χ1n) is 6.58. The Morgan fingerprint density at radius 3 is 2.23 bits per heavy atom. The standard InChI is InChI=1S/C12H19N3O4S2.ClH/c1-14-20(16,17)11-4-6-12(7-5-11)21(18,19)15-8-2-3-10(15)9-13;/h4-7,10,14H,2-3,8-9,13H2,1H3;1H. The maximum atomic E-state index is 12.5. The monoisotopic (exact) mass is 369 g/mol. The molecule has 1 heterocycles. The molecular weight excluding hydrogens is 350 g/mol. The fourth-order valence-electron chi connectivity index (χ4n) is 2.41. The van der Waals surface area contributed by atoms with Gasteiger partial charge in [0.05, 0.1) is 9.79 Å². The molecule has 0 radical (unpaired) electrons. The van der Waals surface area contributed by atoms with Gasteiger partial charge in [-0.3, -0.25) is 0 Å². The lowest BCUT2D eigenvalue weighted by Crippen LogP contribution is -2.39. The van der Waals surface area contributed by atoms with Crippen LogP contribution in [-0.4, -0.2) is 47.3 Å². The number of rotatable bonds is 5. The number of nitrogens with two attached hydrogens (primary N) is 1. The highest BCUT2D eigenvalue weighted by Gasteiger charge is 2.34. The molecule has 22 heavy (non-hydrogen) atoms. The van der Waals surface area contributed by atoms with E-state index in [9.17, 15) is 16.8 Å². The first-order valence-corrected chi connectivity index (χ1v) is 9.51. The van der Waals surface area contributed by atoms with E-state index in [1.807, 2.05) is 0 Å². The SMILES string of the molecule is CNS(=O)(=O)c1ccc(S(=O)(=O)N2CCCC2CN)cc1.Cl. The number of halogens is 1. The van der Waals surface area contributed by atoms with Gasteiger partial charge in [0.2, 0.25) is 20.0 Å². The van der Waals surface area contributed by atoms with E-state index in [0.29, 0.717) is 6.54 Å². The zero-order valence-corrected chi connectivity index (χ0v) is 14.5. The number of hydrogen-bond donors (Lipinski definition) is 2. The largest absolute Gasteiger partial charge is 0.329 e. The van der Waals surface area contributed by atoms with Gasteiger partial charge in [-0.1, -0.05) is 0 Å². The molecule has 10 heteroatoms. The average molecular weight is 370 g/mol. The predicted octanol–water partition coefficient (Wildman–Crippen LogP) is 0.128. The molecule has 0 aromatic heterocycles. The highest BCUT2D eigenvalue weighted by atomic mass is 35.5. The number of nitrogens with zero attached hydrogens (tertiary/aromatic N) is 1. The van der Waals surface area contributed by atoms with E-state index < -0.39 is 20.0 Å². The third-order valence-electron chi connectivity index (χ3n) is 3.60. The fraction of sp³-hybridized carbons (Fsp3) is 0.500. The molecule has 1 aromatic rings. The third kappa shape index (κ3) is 3.61. The molecule has 0 bridgehead atoms. The molecule has 2 rings (SSSR count). The summed E-state index contributed by atoms with van der Waals surface area (Å²) in [5, 5.41) is 0. The maximum absolute atomic E-state index is 12.5. The maximum Gasteiger partial charge on any atom is 0.243 e. The number of benzene rings is 1. The fourth-order valence-corrected chi connectivity index (χ4v) is 4.84. The molecule has 0 aliphatic carbocycles. The molecule has 3 N–H and O–H groups in total. The normalized spacial score (nSPS) is 19.8. The summed E-state index contributed by atoms with van der Waals surface area (Å²) in [5.41, 5.74) is 5.60. The summed E-state index contributed by atoms with van der Waals surface area (Å²) in [7, 11) is -5.90. The first-order chi connectivity index (χ1) is 9.82. The molecular formula is C12H20ClN3O4S2. The molecule has 1 aliphatic rings. The van der Waals surface area contributed by atoms with Crippen LogP contribution < -0.4 is 10.5 Å². The predicted molar refractivity (Wildman–Crippen MR) is 85.9 cm³/mol. The minimum absolute atomic E-state index is 0. The summed E-state index contributed by atoms with van der Waals surface area (Å²) in [6.45, 7) is 0.728. The summed E-state index contributed by atoms with van der Waals surface area (Å²) >= 11 is 0. The molecule has 1 aromatic carbocycles. The van der Waals surface area contributed by atoms with Gasteiger partial charge in [-0.05, 0) is 44.2 Å². The van der Waals surface area contributed by atoms with Crippen LogP contribution in [-0.2, 0) is 20.0 Å². The van der Waals surface area contributed by atoms with Gasteiger partial charge in [-0.25, -0.2) is 21.6 Å². The van der Waals surface area contributed by atoms with Crippen molar-refractivity contribution in [3.8, 4) is 0 Å². The Labute approximate surface area is 137 Å². The van der Waals surface area contributed by atoms with E-state index in [0.717, 1.165) is 12.8 Å². The molecule has 1 fully saturated rings. The van der Waals surface area contributed by atoms with Crippen LogP contribution in [0.2, 0.25) is 0 Å². The van der Waals surface area contributed by atoms with Gasteiger partial charge in [-0.2, -0.15) is 4.31 Å². The van der Waals surface area contributed by atoms with Crippen molar-refractivity contribution in [2.45, 2.75) is 28.7 Å². The molecule has 7 nitrogen and oxygen atoms in total. The lowest BCUT2D eigenvalue weighted by Gasteiger charge is -2.22. The summed E-state index contributed by atoms with van der Waals surface area (Å²) < 4.78 is 51.9. The van der Waals surface area contributed by atoms with Crippen molar-refractivity contribution in [3.63, 3.8) is 0 Å². The second-order valence-electron chi connectivity index (χ2n) is 4.83. The van der Waals surface area contributed by atoms with Crippen LogP contribution in [0.4, 0.5) is 0 Å². The Hall–Kier alpha value is -0.710. The number of hydrogen-bond acceptors (Lipinski definition) is 5. The van der Waals surface area contributed by atoms with Crippen molar-refractivity contribution in [2.75, 3.05) is 20.1 Å². The Morgan fingerprint density at radius 1 is 1.18 bits per heavy atom.